The van der Waals surface area contributed by atoms with Gasteiger partial charge in [-0.2, -0.15) is 10.1 Å². The van der Waals surface area contributed by atoms with E-state index in [9.17, 15) is 19.3 Å². The van der Waals surface area contributed by atoms with Gasteiger partial charge < -0.3 is 24.8 Å². The van der Waals surface area contributed by atoms with E-state index in [0.717, 1.165) is 4.57 Å². The number of esters is 1. The van der Waals surface area contributed by atoms with Crippen molar-refractivity contribution in [2.45, 2.75) is 56.2 Å². The number of ether oxygens (including phenoxy) is 2. The fraction of sp³-hybridized carbons (Fsp3) is 0.435. The Labute approximate surface area is 228 Å². The normalized spacial score (nSPS) is 25.2. The average Bonchev–Trinajstić information content (AvgIpc) is 3.08. The van der Waals surface area contributed by atoms with Crippen molar-refractivity contribution in [2.24, 2.45) is 0 Å². The molecule has 1 aliphatic rings. The second-order valence-electron chi connectivity index (χ2n) is 8.54. The smallest absolute Gasteiger partial charge is 0.459 e. The van der Waals surface area contributed by atoms with E-state index in [1.54, 1.807) is 32.0 Å². The molecule has 2 heterocycles. The van der Waals surface area contributed by atoms with Crippen LogP contribution in [0.2, 0.25) is 0 Å². The minimum atomic E-state index is -4.28. The van der Waals surface area contributed by atoms with Crippen molar-refractivity contribution in [2.75, 3.05) is 12.3 Å². The Balaban J connectivity index is 1.86. The fourth-order valence-corrected chi connectivity index (χ4v) is 5.52. The number of aliphatic hydroxyl groups excluding tert-OH is 1. The highest BCUT2D eigenvalue weighted by Gasteiger charge is 2.56. The first-order valence-electron chi connectivity index (χ1n) is 11.4. The Bertz CT molecular complexity index is 1300. The second-order valence-corrected chi connectivity index (χ2v) is 11.0. The third kappa shape index (κ3) is 7.07. The minimum absolute atomic E-state index is 0.0385. The lowest BCUT2D eigenvalue weighted by Gasteiger charge is -2.26. The monoisotopic (exact) mass is 588 g/mol. The standard InChI is InChI=1S/C23H27Cl2N4O8P/c1-14(2)35-20(31)15(3)28-38(33,37-16-7-5-4-6-8-16)34-13-17-19(30)23(25,10-11-24)21(36-17)29-12-9-18(26)27-22(29)32/h4-9,12,14-15,17,19,21,30H,13H2,1-3H3,(H,28,33)(H2,26,27,32)/t15-,17+,19-,21+,23?,38?/m0/s1. The predicted octanol–water partition coefficient (Wildman–Crippen LogP) is 2.39. The van der Waals surface area contributed by atoms with Gasteiger partial charge >= 0.3 is 19.4 Å². The number of nitrogens with one attached hydrogen (secondary N) is 1. The summed E-state index contributed by atoms with van der Waals surface area (Å²) in [5, 5.41) is 15.6. The first-order valence-corrected chi connectivity index (χ1v) is 13.7. The van der Waals surface area contributed by atoms with E-state index < -0.39 is 61.5 Å². The zero-order valence-electron chi connectivity index (χ0n) is 20.6. The van der Waals surface area contributed by atoms with E-state index in [1.165, 1.54) is 31.3 Å². The number of carbonyl (C=O) groups excluding carboxylic acids is 1. The topological polar surface area (TPSA) is 164 Å². The van der Waals surface area contributed by atoms with Gasteiger partial charge in [0.15, 0.2) is 11.1 Å². The van der Waals surface area contributed by atoms with Gasteiger partial charge in [0.05, 0.1) is 12.7 Å². The molecule has 0 radical (unpaired) electrons. The van der Waals surface area contributed by atoms with Gasteiger partial charge in [-0.3, -0.25) is 13.9 Å². The average molecular weight is 589 g/mol. The quantitative estimate of drug-likeness (QED) is 0.161. The summed E-state index contributed by atoms with van der Waals surface area (Å²) in [6, 6.07) is 8.32. The zero-order valence-corrected chi connectivity index (χ0v) is 23.0. The molecule has 1 aliphatic heterocycles. The van der Waals surface area contributed by atoms with Crippen LogP contribution in [-0.2, 0) is 23.4 Å². The Morgan fingerprint density at radius 1 is 1.34 bits per heavy atom. The van der Waals surface area contributed by atoms with E-state index >= 15 is 0 Å². The molecule has 2 unspecified atom stereocenters. The van der Waals surface area contributed by atoms with Crippen molar-refractivity contribution in [1.82, 2.24) is 14.6 Å². The van der Waals surface area contributed by atoms with Gasteiger partial charge in [0.1, 0.15) is 29.8 Å². The Kier molecular flexibility index (Phi) is 9.84. The number of nitrogen functional groups attached to an aromatic ring is 1. The molecule has 1 fully saturated rings. The highest BCUT2D eigenvalue weighted by molar-refractivity contribution is 7.52. The number of rotatable bonds is 10. The molecule has 12 nitrogen and oxygen atoms in total. The largest absolute Gasteiger partial charge is 0.462 e. The van der Waals surface area contributed by atoms with Crippen molar-refractivity contribution >= 4 is 42.7 Å². The van der Waals surface area contributed by atoms with Crippen LogP contribution in [-0.4, -0.2) is 56.5 Å². The summed E-state index contributed by atoms with van der Waals surface area (Å²) in [5.41, 5.74) is 4.73. The van der Waals surface area contributed by atoms with Crippen LogP contribution in [0.25, 0.3) is 0 Å². The molecule has 0 saturated carbocycles. The van der Waals surface area contributed by atoms with E-state index in [0.29, 0.717) is 0 Å². The first kappa shape index (κ1) is 29.9. The first-order chi connectivity index (χ1) is 17.9. The number of alkyl halides is 1. The maximum atomic E-state index is 13.7. The summed E-state index contributed by atoms with van der Waals surface area (Å²) in [6.07, 6.45) is -3.37. The lowest BCUT2D eigenvalue weighted by atomic mass is 9.99. The molecule has 4 N–H and O–H groups in total. The SMILES string of the molecule is CC(C)OC(=O)[C@H](C)NP(=O)(OC[C@H]1O[C@@H](n2ccc(N)nc2=O)C(Cl)(C#CCl)[C@H]1O)Oc1ccccc1. The summed E-state index contributed by atoms with van der Waals surface area (Å²) < 4.78 is 36.8. The van der Waals surface area contributed by atoms with Gasteiger partial charge in [-0.1, -0.05) is 35.7 Å². The number of hydrogen-bond donors (Lipinski definition) is 3. The Morgan fingerprint density at radius 2 is 2.03 bits per heavy atom. The summed E-state index contributed by atoms with van der Waals surface area (Å²) in [6.45, 7) is 4.20. The maximum Gasteiger partial charge on any atom is 0.459 e. The van der Waals surface area contributed by atoms with Crippen LogP contribution in [0.3, 0.4) is 0 Å². The van der Waals surface area contributed by atoms with Gasteiger partial charge in [-0.25, -0.2) is 9.36 Å². The van der Waals surface area contributed by atoms with Gasteiger partial charge in [0, 0.05) is 11.6 Å². The van der Waals surface area contributed by atoms with Crippen molar-refractivity contribution in [3.63, 3.8) is 0 Å². The number of halogens is 2. The number of aliphatic hydroxyl groups is 1. The number of carbonyl (C=O) groups is 1. The summed E-state index contributed by atoms with van der Waals surface area (Å²) in [4.78, 5) is 26.5. The molecule has 0 aliphatic carbocycles. The van der Waals surface area contributed by atoms with Crippen LogP contribution in [0.1, 0.15) is 27.0 Å². The lowest BCUT2D eigenvalue weighted by Crippen LogP contribution is -2.43. The molecule has 0 amide bonds. The van der Waals surface area contributed by atoms with Gasteiger partial charge in [-0.05, 0) is 50.6 Å². The highest BCUT2D eigenvalue weighted by Crippen LogP contribution is 2.48. The molecule has 6 atom stereocenters. The molecule has 1 aromatic carbocycles. The molecule has 206 valence electrons. The number of para-hydroxylation sites is 1. The van der Waals surface area contributed by atoms with E-state index in [-0.39, 0.29) is 11.6 Å². The number of anilines is 1. The molecule has 15 heteroatoms. The Morgan fingerprint density at radius 3 is 2.63 bits per heavy atom. The number of hydrogen-bond acceptors (Lipinski definition) is 10. The minimum Gasteiger partial charge on any atom is -0.462 e. The van der Waals surface area contributed by atoms with E-state index in [2.05, 4.69) is 21.4 Å². The number of benzene rings is 1. The lowest BCUT2D eigenvalue weighted by molar-refractivity contribution is -0.149. The maximum absolute atomic E-state index is 13.7. The summed E-state index contributed by atoms with van der Waals surface area (Å²) in [5.74, 6) is 1.90. The number of aromatic nitrogens is 2. The molecular formula is C23H27Cl2N4O8P. The molecule has 1 saturated heterocycles. The van der Waals surface area contributed by atoms with Crippen LogP contribution in [0, 0.1) is 11.3 Å². The van der Waals surface area contributed by atoms with Crippen LogP contribution in [0.5, 0.6) is 5.75 Å². The van der Waals surface area contributed by atoms with Gasteiger partial charge in [-0.15, -0.1) is 0 Å². The third-order valence-corrected chi connectivity index (χ3v) is 7.47. The molecule has 0 bridgehead atoms. The van der Waals surface area contributed by atoms with Gasteiger partial charge in [0.2, 0.25) is 0 Å². The van der Waals surface area contributed by atoms with Crippen LogP contribution in [0.4, 0.5) is 5.82 Å². The van der Waals surface area contributed by atoms with Crippen molar-refractivity contribution < 1.29 is 33.0 Å². The number of nitrogens with two attached hydrogens (primary N) is 1. The highest BCUT2D eigenvalue weighted by atomic mass is 35.5. The van der Waals surface area contributed by atoms with E-state index in [4.69, 9.17) is 47.5 Å². The Hall–Kier alpha value is -2.62. The van der Waals surface area contributed by atoms with E-state index in [1.807, 2.05) is 0 Å². The molecule has 38 heavy (non-hydrogen) atoms. The molecular weight excluding hydrogens is 562 g/mol. The molecule has 3 rings (SSSR count). The van der Waals surface area contributed by atoms with Gasteiger partial charge in [0.25, 0.3) is 0 Å². The fourth-order valence-electron chi connectivity index (χ4n) is 3.47. The predicted molar refractivity (Wildman–Crippen MR) is 139 cm³/mol. The summed E-state index contributed by atoms with van der Waals surface area (Å²) in [7, 11) is -4.28. The molecule has 1 aromatic heterocycles. The zero-order chi connectivity index (χ0) is 28.1. The molecule has 0 spiro atoms. The van der Waals surface area contributed by atoms with Crippen molar-refractivity contribution in [3.05, 3.63) is 53.1 Å². The van der Waals surface area contributed by atoms with Crippen LogP contribution >= 0.6 is 30.9 Å². The van der Waals surface area contributed by atoms with Crippen molar-refractivity contribution in [1.29, 1.82) is 0 Å². The third-order valence-electron chi connectivity index (χ3n) is 5.22. The van der Waals surface area contributed by atoms with Crippen LogP contribution in [0.15, 0.2) is 47.4 Å². The molecule has 2 aromatic rings. The number of nitrogens with zero attached hydrogens (tertiary/aromatic N) is 2. The second kappa shape index (κ2) is 12.5. The summed E-state index contributed by atoms with van der Waals surface area (Å²) >= 11 is 12.2. The van der Waals surface area contributed by atoms with Crippen LogP contribution < -0.4 is 21.0 Å². The van der Waals surface area contributed by atoms with Crippen molar-refractivity contribution in [3.8, 4) is 17.0 Å².